The molecule has 0 unspecified atom stereocenters. The Labute approximate surface area is 176 Å². The molecule has 1 fully saturated rings. The third-order valence-electron chi connectivity index (χ3n) is 5.53. The van der Waals surface area contributed by atoms with Crippen LogP contribution in [0.1, 0.15) is 61.4 Å². The molecule has 0 aromatic heterocycles. The molecule has 1 N–H and O–H groups in total. The zero-order valence-electron chi connectivity index (χ0n) is 17.2. The van der Waals surface area contributed by atoms with Gasteiger partial charge in [-0.05, 0) is 55.5 Å². The van der Waals surface area contributed by atoms with Crippen LogP contribution in [0.25, 0.3) is 0 Å². The number of carbonyl (C=O) groups excluding carboxylic acids is 2. The summed E-state index contributed by atoms with van der Waals surface area (Å²) >= 11 is 0. The Balaban J connectivity index is 1.28. The Morgan fingerprint density at radius 1 is 1.03 bits per heavy atom. The van der Waals surface area contributed by atoms with Gasteiger partial charge in [0.15, 0.2) is 18.1 Å². The fourth-order valence-corrected chi connectivity index (χ4v) is 3.89. The van der Waals surface area contributed by atoms with Crippen LogP contribution >= 0.6 is 0 Å². The molecular formula is C24H27NO5. The van der Waals surface area contributed by atoms with Crippen LogP contribution in [0, 0.1) is 0 Å². The van der Waals surface area contributed by atoms with E-state index in [-0.39, 0.29) is 6.61 Å². The second-order valence-corrected chi connectivity index (χ2v) is 7.91. The number of esters is 1. The standard InChI is InChI=1S/C24H27NO5/c1-2-3-6-17-7-9-18(10-8-17)23(27)28-16-22(26)25-19-11-12-20-21(15-19)30-24(29-20)13-4-5-14-24/h7-12,15H,2-6,13-14,16H2,1H3,(H,25,26). The van der Waals surface area contributed by atoms with Crippen LogP contribution in [0.2, 0.25) is 0 Å². The van der Waals surface area contributed by atoms with Gasteiger partial charge < -0.3 is 19.5 Å². The minimum Gasteiger partial charge on any atom is -0.452 e. The lowest BCUT2D eigenvalue weighted by Crippen LogP contribution is -2.34. The lowest BCUT2D eigenvalue weighted by Gasteiger charge is -2.21. The van der Waals surface area contributed by atoms with Crippen molar-refractivity contribution < 1.29 is 23.8 Å². The molecule has 158 valence electrons. The average molecular weight is 409 g/mol. The first-order chi connectivity index (χ1) is 14.6. The third kappa shape index (κ3) is 4.58. The normalized spacial score (nSPS) is 15.9. The van der Waals surface area contributed by atoms with E-state index in [4.69, 9.17) is 14.2 Å². The lowest BCUT2D eigenvalue weighted by molar-refractivity contribution is -0.119. The fraction of sp³-hybridized carbons (Fsp3) is 0.417. The molecule has 2 aliphatic rings. The number of hydrogen-bond donors (Lipinski definition) is 1. The van der Waals surface area contributed by atoms with Crippen LogP contribution in [0.3, 0.4) is 0 Å². The number of anilines is 1. The first-order valence-electron chi connectivity index (χ1n) is 10.6. The van der Waals surface area contributed by atoms with Crippen molar-refractivity contribution in [3.63, 3.8) is 0 Å². The van der Waals surface area contributed by atoms with E-state index in [1.807, 2.05) is 12.1 Å². The van der Waals surface area contributed by atoms with Crippen LogP contribution < -0.4 is 14.8 Å². The lowest BCUT2D eigenvalue weighted by atomic mass is 10.1. The van der Waals surface area contributed by atoms with E-state index >= 15 is 0 Å². The summed E-state index contributed by atoms with van der Waals surface area (Å²) < 4.78 is 17.1. The van der Waals surface area contributed by atoms with Gasteiger partial charge in [0.05, 0.1) is 5.56 Å². The molecule has 2 aromatic rings. The summed E-state index contributed by atoms with van der Waals surface area (Å²) in [5, 5.41) is 2.74. The molecule has 1 spiro atoms. The number of rotatable bonds is 7. The van der Waals surface area contributed by atoms with E-state index in [2.05, 4.69) is 12.2 Å². The topological polar surface area (TPSA) is 73.9 Å². The van der Waals surface area contributed by atoms with Gasteiger partial charge >= 0.3 is 5.97 Å². The number of hydrogen-bond acceptors (Lipinski definition) is 5. The summed E-state index contributed by atoms with van der Waals surface area (Å²) in [7, 11) is 0. The SMILES string of the molecule is CCCCc1ccc(C(=O)OCC(=O)Nc2ccc3c(c2)OC2(CCCC2)O3)cc1. The maximum absolute atomic E-state index is 12.2. The molecule has 1 aliphatic heterocycles. The smallest absolute Gasteiger partial charge is 0.338 e. The number of nitrogens with one attached hydrogen (secondary N) is 1. The van der Waals surface area contributed by atoms with Crippen molar-refractivity contribution in [1.82, 2.24) is 0 Å². The number of aryl methyl sites for hydroxylation is 1. The second-order valence-electron chi connectivity index (χ2n) is 7.91. The van der Waals surface area contributed by atoms with Gasteiger partial charge in [0, 0.05) is 24.6 Å². The zero-order chi connectivity index (χ0) is 21.0. The number of unbranched alkanes of at least 4 members (excludes halogenated alkanes) is 1. The number of benzene rings is 2. The molecular weight excluding hydrogens is 382 g/mol. The maximum Gasteiger partial charge on any atom is 0.338 e. The van der Waals surface area contributed by atoms with Gasteiger partial charge in [0.25, 0.3) is 11.7 Å². The molecule has 2 aromatic carbocycles. The first-order valence-corrected chi connectivity index (χ1v) is 10.6. The van der Waals surface area contributed by atoms with Gasteiger partial charge in [-0.25, -0.2) is 4.79 Å². The Morgan fingerprint density at radius 2 is 1.77 bits per heavy atom. The zero-order valence-corrected chi connectivity index (χ0v) is 17.2. The number of carbonyl (C=O) groups is 2. The maximum atomic E-state index is 12.2. The van der Waals surface area contributed by atoms with Gasteiger partial charge in [-0.1, -0.05) is 25.5 Å². The molecule has 6 nitrogen and oxygen atoms in total. The van der Waals surface area contributed by atoms with Crippen LogP contribution in [-0.4, -0.2) is 24.3 Å². The van der Waals surface area contributed by atoms with Crippen LogP contribution in [0.5, 0.6) is 11.5 Å². The van der Waals surface area contributed by atoms with Crippen molar-refractivity contribution in [2.75, 3.05) is 11.9 Å². The van der Waals surface area contributed by atoms with E-state index in [0.717, 1.165) is 44.9 Å². The summed E-state index contributed by atoms with van der Waals surface area (Å²) in [6, 6.07) is 12.6. The monoisotopic (exact) mass is 409 g/mol. The molecule has 0 radical (unpaired) electrons. The molecule has 0 saturated heterocycles. The molecule has 1 aliphatic carbocycles. The Morgan fingerprint density at radius 3 is 2.50 bits per heavy atom. The molecule has 1 amide bonds. The van der Waals surface area contributed by atoms with Gasteiger partial charge in [-0.15, -0.1) is 0 Å². The quantitative estimate of drug-likeness (QED) is 0.661. The number of fused-ring (bicyclic) bond motifs is 1. The second kappa shape index (κ2) is 8.78. The molecule has 6 heteroatoms. The van der Waals surface area contributed by atoms with Crippen molar-refractivity contribution in [3.05, 3.63) is 53.6 Å². The minimum atomic E-state index is -0.535. The highest BCUT2D eigenvalue weighted by molar-refractivity contribution is 5.95. The minimum absolute atomic E-state index is 0.352. The Hall–Kier alpha value is -3.02. The largest absolute Gasteiger partial charge is 0.452 e. The van der Waals surface area contributed by atoms with E-state index < -0.39 is 17.7 Å². The Kier molecular flexibility index (Phi) is 5.93. The van der Waals surface area contributed by atoms with Gasteiger partial charge in [0.2, 0.25) is 0 Å². The Bertz CT molecular complexity index is 916. The highest BCUT2D eigenvalue weighted by atomic mass is 16.7. The molecule has 4 rings (SSSR count). The van der Waals surface area contributed by atoms with E-state index in [9.17, 15) is 9.59 Å². The third-order valence-corrected chi connectivity index (χ3v) is 5.53. The highest BCUT2D eigenvalue weighted by Gasteiger charge is 2.44. The average Bonchev–Trinajstić information content (AvgIpc) is 3.36. The summed E-state index contributed by atoms with van der Waals surface area (Å²) in [4.78, 5) is 24.4. The summed E-state index contributed by atoms with van der Waals surface area (Å²) in [6.07, 6.45) is 7.16. The summed E-state index contributed by atoms with van der Waals surface area (Å²) in [5.74, 6) is -0.121. The van der Waals surface area contributed by atoms with E-state index in [1.165, 1.54) is 5.56 Å². The van der Waals surface area contributed by atoms with Crippen molar-refractivity contribution >= 4 is 17.6 Å². The van der Waals surface area contributed by atoms with Crippen LogP contribution in [-0.2, 0) is 16.0 Å². The van der Waals surface area contributed by atoms with Gasteiger partial charge in [0.1, 0.15) is 0 Å². The molecule has 0 bridgehead atoms. The number of amides is 1. The van der Waals surface area contributed by atoms with Crippen LogP contribution in [0.4, 0.5) is 5.69 Å². The predicted octanol–water partition coefficient (Wildman–Crippen LogP) is 4.87. The predicted molar refractivity (Wildman–Crippen MR) is 113 cm³/mol. The van der Waals surface area contributed by atoms with Gasteiger partial charge in [-0.3, -0.25) is 4.79 Å². The van der Waals surface area contributed by atoms with Crippen molar-refractivity contribution in [3.8, 4) is 11.5 Å². The van der Waals surface area contributed by atoms with Gasteiger partial charge in [-0.2, -0.15) is 0 Å². The molecule has 1 saturated carbocycles. The molecule has 1 heterocycles. The number of ether oxygens (including phenoxy) is 3. The molecule has 30 heavy (non-hydrogen) atoms. The van der Waals surface area contributed by atoms with E-state index in [0.29, 0.717) is 22.7 Å². The van der Waals surface area contributed by atoms with E-state index in [1.54, 1.807) is 30.3 Å². The first kappa shape index (κ1) is 20.3. The molecule has 0 atom stereocenters. The summed E-state index contributed by atoms with van der Waals surface area (Å²) in [6.45, 7) is 1.79. The van der Waals surface area contributed by atoms with Crippen molar-refractivity contribution in [2.45, 2.75) is 57.7 Å². The highest BCUT2D eigenvalue weighted by Crippen LogP contribution is 2.47. The fourth-order valence-electron chi connectivity index (χ4n) is 3.89. The van der Waals surface area contributed by atoms with Crippen molar-refractivity contribution in [2.24, 2.45) is 0 Å². The van der Waals surface area contributed by atoms with Crippen molar-refractivity contribution in [1.29, 1.82) is 0 Å². The summed E-state index contributed by atoms with van der Waals surface area (Å²) in [5.41, 5.74) is 2.20. The van der Waals surface area contributed by atoms with Crippen LogP contribution in [0.15, 0.2) is 42.5 Å².